The molecule has 2 aromatic carbocycles. The van der Waals surface area contributed by atoms with E-state index in [0.717, 1.165) is 27.7 Å². The van der Waals surface area contributed by atoms with E-state index in [0.29, 0.717) is 5.56 Å². The average molecular weight is 336 g/mol. The number of azo groups is 1. The summed E-state index contributed by atoms with van der Waals surface area (Å²) in [4.78, 5) is 17.1. The fourth-order valence-corrected chi connectivity index (χ4v) is 2.78. The second-order valence-corrected chi connectivity index (χ2v) is 6.27. The summed E-state index contributed by atoms with van der Waals surface area (Å²) in [6, 6.07) is 11.0. The van der Waals surface area contributed by atoms with Gasteiger partial charge in [0.2, 0.25) is 5.88 Å². The van der Waals surface area contributed by atoms with Crippen LogP contribution in [0.2, 0.25) is 0 Å². The van der Waals surface area contributed by atoms with E-state index in [1.165, 1.54) is 0 Å². The molecule has 1 aromatic heterocycles. The second-order valence-electron chi connectivity index (χ2n) is 6.27. The minimum atomic E-state index is -0.455. The summed E-state index contributed by atoms with van der Waals surface area (Å²) in [7, 11) is 3.86. The van der Waals surface area contributed by atoms with Crippen molar-refractivity contribution in [2.75, 3.05) is 19.0 Å². The molecule has 0 fully saturated rings. The molecule has 3 aromatic rings. The molecule has 0 aliphatic heterocycles. The van der Waals surface area contributed by atoms with Crippen LogP contribution in [0, 0.1) is 13.8 Å². The number of aromatic hydroxyl groups is 1. The lowest BCUT2D eigenvalue weighted by Gasteiger charge is -2.11. The highest BCUT2D eigenvalue weighted by Gasteiger charge is 2.13. The number of nitrogens with one attached hydrogen (secondary N) is 1. The van der Waals surface area contributed by atoms with E-state index in [9.17, 15) is 9.90 Å². The molecule has 0 bridgehead atoms. The quantitative estimate of drug-likeness (QED) is 0.692. The Morgan fingerprint density at radius 3 is 2.44 bits per heavy atom. The zero-order valence-electron chi connectivity index (χ0n) is 14.7. The molecule has 0 unspecified atom stereocenters. The van der Waals surface area contributed by atoms with Crippen LogP contribution in [0.15, 0.2) is 46.6 Å². The van der Waals surface area contributed by atoms with Crippen LogP contribution in [0.4, 0.5) is 11.4 Å². The highest BCUT2D eigenvalue weighted by atomic mass is 16.3. The molecule has 0 spiro atoms. The number of aryl methyl sites for hydroxylation is 2. The highest BCUT2D eigenvalue weighted by Crippen LogP contribution is 2.37. The number of benzene rings is 2. The Morgan fingerprint density at radius 2 is 1.80 bits per heavy atom. The first-order chi connectivity index (χ1) is 11.9. The van der Waals surface area contributed by atoms with Crippen molar-refractivity contribution >= 4 is 28.2 Å². The Bertz CT molecular complexity index is 969. The first-order valence-electron chi connectivity index (χ1n) is 7.92. The molecule has 25 heavy (non-hydrogen) atoms. The molecule has 2 N–H and O–H groups in total. The van der Waals surface area contributed by atoms with Gasteiger partial charge in [0.15, 0.2) is 5.69 Å². The van der Waals surface area contributed by atoms with Gasteiger partial charge in [-0.05, 0) is 49.7 Å². The maximum Gasteiger partial charge on any atom is 0.295 e. The Kier molecular flexibility index (Phi) is 4.27. The molecule has 0 aliphatic carbocycles. The third-order valence-electron chi connectivity index (χ3n) is 4.07. The number of aromatic amines is 1. The number of aromatic nitrogens is 1. The first-order valence-corrected chi connectivity index (χ1v) is 7.92. The van der Waals surface area contributed by atoms with Crippen LogP contribution >= 0.6 is 0 Å². The van der Waals surface area contributed by atoms with E-state index >= 15 is 0 Å². The number of anilines is 1. The first kappa shape index (κ1) is 16.7. The molecular weight excluding hydrogens is 316 g/mol. The van der Waals surface area contributed by atoms with Crippen molar-refractivity contribution < 1.29 is 9.90 Å². The SMILES string of the molecule is Cc1cc(C)c2[nH]c(O)c(N=NC(=O)c3ccc(N(C)C)cc3)c2c1. The molecule has 0 saturated heterocycles. The van der Waals surface area contributed by atoms with Crippen LogP contribution in [-0.2, 0) is 0 Å². The number of rotatable bonds is 3. The standard InChI is InChI=1S/C19H20N4O2/c1-11-9-12(2)16-15(10-11)17(19(25)20-16)21-22-18(24)13-5-7-14(8-6-13)23(3)4/h5-10,20,25H,1-4H3. The van der Waals surface area contributed by atoms with Crippen molar-refractivity contribution in [1.82, 2.24) is 4.98 Å². The van der Waals surface area contributed by atoms with Crippen molar-refractivity contribution in [2.24, 2.45) is 10.2 Å². The lowest BCUT2D eigenvalue weighted by molar-refractivity contribution is 0.0995. The maximum atomic E-state index is 12.2. The Hall–Kier alpha value is -3.15. The minimum absolute atomic E-state index is 0.0943. The second kappa shape index (κ2) is 6.39. The Balaban J connectivity index is 1.92. The molecule has 6 heteroatoms. The number of amides is 1. The normalized spacial score (nSPS) is 11.4. The smallest absolute Gasteiger partial charge is 0.295 e. The monoisotopic (exact) mass is 336 g/mol. The van der Waals surface area contributed by atoms with Gasteiger partial charge in [0, 0.05) is 30.7 Å². The van der Waals surface area contributed by atoms with E-state index in [2.05, 4.69) is 15.2 Å². The largest absolute Gasteiger partial charge is 0.493 e. The summed E-state index contributed by atoms with van der Waals surface area (Å²) >= 11 is 0. The number of nitrogens with zero attached hydrogens (tertiary/aromatic N) is 3. The van der Waals surface area contributed by atoms with Crippen LogP contribution in [0.3, 0.4) is 0 Å². The van der Waals surface area contributed by atoms with Gasteiger partial charge in [0.25, 0.3) is 5.91 Å². The van der Waals surface area contributed by atoms with Gasteiger partial charge in [-0.3, -0.25) is 4.79 Å². The van der Waals surface area contributed by atoms with E-state index in [-0.39, 0.29) is 11.6 Å². The lowest BCUT2D eigenvalue weighted by Crippen LogP contribution is -2.08. The predicted molar refractivity (Wildman–Crippen MR) is 99.1 cm³/mol. The van der Waals surface area contributed by atoms with Gasteiger partial charge in [-0.1, -0.05) is 11.6 Å². The summed E-state index contributed by atoms with van der Waals surface area (Å²) in [6.45, 7) is 3.92. The van der Waals surface area contributed by atoms with Gasteiger partial charge in [-0.15, -0.1) is 10.2 Å². The zero-order chi connectivity index (χ0) is 18.1. The lowest BCUT2D eigenvalue weighted by atomic mass is 10.1. The average Bonchev–Trinajstić information content (AvgIpc) is 2.88. The Labute approximate surface area is 145 Å². The van der Waals surface area contributed by atoms with Gasteiger partial charge < -0.3 is 15.0 Å². The van der Waals surface area contributed by atoms with Crippen molar-refractivity contribution in [2.45, 2.75) is 13.8 Å². The summed E-state index contributed by atoms with van der Waals surface area (Å²) in [5.74, 6) is -0.549. The van der Waals surface area contributed by atoms with E-state index < -0.39 is 5.91 Å². The van der Waals surface area contributed by atoms with Gasteiger partial charge >= 0.3 is 0 Å². The van der Waals surface area contributed by atoms with Gasteiger partial charge in [-0.25, -0.2) is 0 Å². The van der Waals surface area contributed by atoms with Gasteiger partial charge in [0.1, 0.15) is 0 Å². The molecule has 0 aliphatic rings. The number of H-pyrrole nitrogens is 1. The van der Waals surface area contributed by atoms with Crippen molar-refractivity contribution in [3.05, 3.63) is 53.1 Å². The molecule has 0 atom stereocenters. The molecule has 0 saturated carbocycles. The predicted octanol–water partition coefficient (Wildman–Crippen LogP) is 4.48. The zero-order valence-corrected chi connectivity index (χ0v) is 14.7. The van der Waals surface area contributed by atoms with E-state index in [1.807, 2.05) is 57.1 Å². The maximum absolute atomic E-state index is 12.2. The van der Waals surface area contributed by atoms with Crippen LogP contribution in [0.5, 0.6) is 5.88 Å². The molecular formula is C19H20N4O2. The van der Waals surface area contributed by atoms with E-state index in [1.54, 1.807) is 12.1 Å². The molecule has 3 rings (SSSR count). The summed E-state index contributed by atoms with van der Waals surface area (Å²) in [6.07, 6.45) is 0. The van der Waals surface area contributed by atoms with Crippen molar-refractivity contribution in [3.63, 3.8) is 0 Å². The number of hydrogen-bond donors (Lipinski definition) is 2. The topological polar surface area (TPSA) is 81.0 Å². The molecule has 128 valence electrons. The van der Waals surface area contributed by atoms with Crippen molar-refractivity contribution in [1.29, 1.82) is 0 Å². The number of carbonyl (C=O) groups excluding carboxylic acids is 1. The molecule has 6 nitrogen and oxygen atoms in total. The minimum Gasteiger partial charge on any atom is -0.493 e. The summed E-state index contributed by atoms with van der Waals surface area (Å²) in [5.41, 5.74) is 4.55. The summed E-state index contributed by atoms with van der Waals surface area (Å²) in [5, 5.41) is 18.6. The Morgan fingerprint density at radius 1 is 1.12 bits per heavy atom. The van der Waals surface area contributed by atoms with Gasteiger partial charge in [-0.2, -0.15) is 0 Å². The van der Waals surface area contributed by atoms with Crippen LogP contribution < -0.4 is 4.90 Å². The van der Waals surface area contributed by atoms with Crippen LogP contribution in [0.1, 0.15) is 21.5 Å². The fraction of sp³-hybridized carbons (Fsp3) is 0.211. The molecule has 1 heterocycles. The van der Waals surface area contributed by atoms with E-state index in [4.69, 9.17) is 0 Å². The third kappa shape index (κ3) is 3.24. The number of hydrogen-bond acceptors (Lipinski definition) is 4. The number of fused-ring (bicyclic) bond motifs is 1. The van der Waals surface area contributed by atoms with Crippen LogP contribution in [-0.4, -0.2) is 30.1 Å². The highest BCUT2D eigenvalue weighted by molar-refractivity contribution is 5.98. The number of carbonyl (C=O) groups is 1. The molecule has 0 radical (unpaired) electrons. The van der Waals surface area contributed by atoms with Crippen molar-refractivity contribution in [3.8, 4) is 5.88 Å². The third-order valence-corrected chi connectivity index (χ3v) is 4.07. The molecule has 1 amide bonds. The fourth-order valence-electron chi connectivity index (χ4n) is 2.78. The van der Waals surface area contributed by atoms with Crippen LogP contribution in [0.25, 0.3) is 10.9 Å². The van der Waals surface area contributed by atoms with Gasteiger partial charge in [0.05, 0.1) is 5.52 Å². The summed E-state index contributed by atoms with van der Waals surface area (Å²) < 4.78 is 0.